The van der Waals surface area contributed by atoms with Gasteiger partial charge in [-0.1, -0.05) is 31.2 Å². The second kappa shape index (κ2) is 10.6. The zero-order chi connectivity index (χ0) is 22.6. The third-order valence-electron chi connectivity index (χ3n) is 5.57. The highest BCUT2D eigenvalue weighted by Gasteiger charge is 2.64. The van der Waals surface area contributed by atoms with Crippen molar-refractivity contribution < 1.29 is 55.1 Å². The van der Waals surface area contributed by atoms with Gasteiger partial charge in [0.05, 0.1) is 19.8 Å². The van der Waals surface area contributed by atoms with Gasteiger partial charge in [-0.25, -0.2) is 0 Å². The molecule has 2 aliphatic heterocycles. The van der Waals surface area contributed by atoms with Crippen LogP contribution in [0.2, 0.25) is 0 Å². The number of allylic oxidation sites excluding steroid dienone is 2. The van der Waals surface area contributed by atoms with E-state index in [1.54, 1.807) is 12.2 Å². The molecule has 2 fully saturated rings. The Morgan fingerprint density at radius 2 is 1.67 bits per heavy atom. The van der Waals surface area contributed by atoms with Crippen molar-refractivity contribution in [1.29, 1.82) is 0 Å². The Hall–Kier alpha value is -0.960. The molecule has 2 heterocycles. The fourth-order valence-corrected chi connectivity index (χ4v) is 3.61. The van der Waals surface area contributed by atoms with Crippen LogP contribution in [0.4, 0.5) is 0 Å². The Labute approximate surface area is 174 Å². The minimum absolute atomic E-state index is 0.0237. The van der Waals surface area contributed by atoms with Crippen LogP contribution in [0, 0.1) is 0 Å². The summed E-state index contributed by atoms with van der Waals surface area (Å²) >= 11 is 0. The molecule has 10 atom stereocenters. The number of aliphatic hydroxyl groups excluding tert-OH is 7. The van der Waals surface area contributed by atoms with E-state index in [-0.39, 0.29) is 6.61 Å². The zero-order valence-corrected chi connectivity index (χ0v) is 16.7. The molecule has 2 rings (SSSR count). The molecule has 0 aromatic carbocycles. The smallest absolute Gasteiger partial charge is 0.187 e. The molecule has 0 saturated carbocycles. The Balaban J connectivity index is 2.20. The van der Waals surface area contributed by atoms with Crippen molar-refractivity contribution in [3.8, 4) is 0 Å². The minimum Gasteiger partial charge on any atom is -0.394 e. The van der Waals surface area contributed by atoms with Gasteiger partial charge in [0.2, 0.25) is 0 Å². The number of aliphatic hydroxyl groups is 8. The maximum absolute atomic E-state index is 11.1. The monoisotopic (exact) mass is 436 g/mol. The Bertz CT molecular complexity index is 593. The molecule has 0 spiro atoms. The molecule has 8 N–H and O–H groups in total. The quantitative estimate of drug-likeness (QED) is 0.177. The summed E-state index contributed by atoms with van der Waals surface area (Å²) in [5.74, 6) is 0. The molecular weight excluding hydrogens is 404 g/mol. The molecule has 30 heavy (non-hydrogen) atoms. The Morgan fingerprint density at radius 3 is 2.23 bits per heavy atom. The van der Waals surface area contributed by atoms with E-state index in [0.29, 0.717) is 0 Å². The van der Waals surface area contributed by atoms with Crippen LogP contribution in [-0.4, -0.2) is 121 Å². The molecule has 10 unspecified atom stereocenters. The number of hydrogen-bond acceptors (Lipinski definition) is 11. The summed E-state index contributed by atoms with van der Waals surface area (Å²) in [6.45, 7) is 4.06. The molecule has 0 radical (unpaired) electrons. The first-order valence-electron chi connectivity index (χ1n) is 9.74. The number of rotatable bonds is 8. The third-order valence-corrected chi connectivity index (χ3v) is 5.57. The van der Waals surface area contributed by atoms with Crippen molar-refractivity contribution in [2.75, 3.05) is 19.8 Å². The third kappa shape index (κ3) is 4.76. The normalized spacial score (nSPS) is 45.0. The summed E-state index contributed by atoms with van der Waals surface area (Å²) in [4.78, 5) is 0. The summed E-state index contributed by atoms with van der Waals surface area (Å²) in [5.41, 5.74) is -1.76. The van der Waals surface area contributed by atoms with E-state index in [4.69, 9.17) is 14.2 Å². The molecule has 0 bridgehead atoms. The average molecular weight is 436 g/mol. The van der Waals surface area contributed by atoms with Gasteiger partial charge in [0.25, 0.3) is 0 Å². The van der Waals surface area contributed by atoms with Gasteiger partial charge in [-0.2, -0.15) is 0 Å². The van der Waals surface area contributed by atoms with E-state index in [2.05, 4.69) is 6.58 Å². The maximum atomic E-state index is 11.1. The minimum atomic E-state index is -2.60. The van der Waals surface area contributed by atoms with Crippen molar-refractivity contribution in [1.82, 2.24) is 0 Å². The predicted molar refractivity (Wildman–Crippen MR) is 101 cm³/mol. The van der Waals surface area contributed by atoms with Gasteiger partial charge in [-0.05, 0) is 6.42 Å². The van der Waals surface area contributed by atoms with Crippen LogP contribution < -0.4 is 0 Å². The standard InChI is InChI=1S/C19H32O11/c1-3-9(2)5-4-6-28-18-15(25)16(26)19(27,11(8-21)30-18)17-14(24)13(23)12(22)10(7-20)29-17/h4-5,10-18,20-27H,2-3,6-8H2,1H3. The largest absolute Gasteiger partial charge is 0.394 e. The van der Waals surface area contributed by atoms with Gasteiger partial charge in [0.15, 0.2) is 11.9 Å². The highest BCUT2D eigenvalue weighted by Crippen LogP contribution is 2.39. The first kappa shape index (κ1) is 25.3. The summed E-state index contributed by atoms with van der Waals surface area (Å²) in [5, 5.41) is 81.5. The lowest BCUT2D eigenvalue weighted by Crippen LogP contribution is -2.77. The van der Waals surface area contributed by atoms with Crippen molar-refractivity contribution >= 4 is 0 Å². The lowest BCUT2D eigenvalue weighted by Gasteiger charge is -2.54. The second-order valence-electron chi connectivity index (χ2n) is 7.50. The van der Waals surface area contributed by atoms with Crippen LogP contribution in [0.1, 0.15) is 13.3 Å². The van der Waals surface area contributed by atoms with E-state index in [1.807, 2.05) is 6.92 Å². The van der Waals surface area contributed by atoms with E-state index in [0.717, 1.165) is 12.0 Å². The second-order valence-corrected chi connectivity index (χ2v) is 7.50. The zero-order valence-electron chi connectivity index (χ0n) is 16.7. The molecule has 0 aromatic rings. The van der Waals surface area contributed by atoms with Crippen LogP contribution in [0.25, 0.3) is 0 Å². The lowest BCUT2D eigenvalue weighted by atomic mass is 9.75. The van der Waals surface area contributed by atoms with Gasteiger partial charge >= 0.3 is 0 Å². The van der Waals surface area contributed by atoms with Crippen LogP contribution in [0.3, 0.4) is 0 Å². The highest BCUT2D eigenvalue weighted by atomic mass is 16.7. The van der Waals surface area contributed by atoms with Gasteiger partial charge in [-0.15, -0.1) is 0 Å². The van der Waals surface area contributed by atoms with Gasteiger partial charge < -0.3 is 55.1 Å². The number of hydrogen-bond donors (Lipinski definition) is 8. The van der Waals surface area contributed by atoms with E-state index in [9.17, 15) is 40.9 Å². The first-order valence-corrected chi connectivity index (χ1v) is 9.74. The fraction of sp³-hybridized carbons (Fsp3) is 0.789. The molecule has 0 amide bonds. The summed E-state index contributed by atoms with van der Waals surface area (Å²) in [6, 6.07) is 0. The Kier molecular flexibility index (Phi) is 8.92. The molecule has 174 valence electrons. The topological polar surface area (TPSA) is 190 Å². The van der Waals surface area contributed by atoms with Gasteiger partial charge in [0.1, 0.15) is 48.8 Å². The summed E-state index contributed by atoms with van der Waals surface area (Å²) < 4.78 is 16.1. The molecule has 0 aliphatic carbocycles. The van der Waals surface area contributed by atoms with Crippen LogP contribution in [0.5, 0.6) is 0 Å². The molecule has 11 heteroatoms. The first-order chi connectivity index (χ1) is 14.1. The van der Waals surface area contributed by atoms with Gasteiger partial charge in [0, 0.05) is 0 Å². The molecular formula is C19H32O11. The van der Waals surface area contributed by atoms with Crippen molar-refractivity contribution in [2.24, 2.45) is 0 Å². The van der Waals surface area contributed by atoms with Crippen LogP contribution >= 0.6 is 0 Å². The van der Waals surface area contributed by atoms with Crippen LogP contribution in [-0.2, 0) is 14.2 Å². The van der Waals surface area contributed by atoms with Crippen molar-refractivity contribution in [3.63, 3.8) is 0 Å². The molecule has 11 nitrogen and oxygen atoms in total. The maximum Gasteiger partial charge on any atom is 0.187 e. The lowest BCUT2D eigenvalue weighted by molar-refractivity contribution is -0.371. The predicted octanol–water partition coefficient (Wildman–Crippen LogP) is -3.46. The molecule has 2 aliphatic rings. The fourth-order valence-electron chi connectivity index (χ4n) is 3.61. The SMILES string of the molecule is C=C(C=CCOC1OC(CO)C(O)(C2OC(CO)C(O)C(O)C2O)C(O)C1O)CC. The van der Waals surface area contributed by atoms with E-state index < -0.39 is 73.9 Å². The van der Waals surface area contributed by atoms with E-state index in [1.165, 1.54) is 0 Å². The van der Waals surface area contributed by atoms with Crippen molar-refractivity contribution in [3.05, 3.63) is 24.3 Å². The molecule has 2 saturated heterocycles. The summed E-state index contributed by atoms with van der Waals surface area (Å²) in [6.07, 6.45) is -11.5. The Morgan fingerprint density at radius 1 is 1.00 bits per heavy atom. The summed E-state index contributed by atoms with van der Waals surface area (Å²) in [7, 11) is 0. The molecule has 0 aromatic heterocycles. The van der Waals surface area contributed by atoms with Crippen LogP contribution in [0.15, 0.2) is 24.3 Å². The van der Waals surface area contributed by atoms with Crippen molar-refractivity contribution in [2.45, 2.75) is 74.1 Å². The van der Waals surface area contributed by atoms with E-state index >= 15 is 0 Å². The highest BCUT2D eigenvalue weighted by molar-refractivity contribution is 5.14. The van der Waals surface area contributed by atoms with Gasteiger partial charge in [-0.3, -0.25) is 0 Å². The number of ether oxygens (including phenoxy) is 3. The average Bonchev–Trinajstić information content (AvgIpc) is 2.74.